The molecule has 8 heteroatoms. The molecule has 0 atom stereocenters. The van der Waals surface area contributed by atoms with Gasteiger partial charge in [0.1, 0.15) is 0 Å². The van der Waals surface area contributed by atoms with Crippen LogP contribution in [0.2, 0.25) is 0 Å². The molecule has 0 unspecified atom stereocenters. The van der Waals surface area contributed by atoms with Crippen molar-refractivity contribution in [3.05, 3.63) is 4.91 Å². The minimum absolute atomic E-state index is 0.0482. The minimum Gasteiger partial charge on any atom is -0.469 e. The third kappa shape index (κ3) is 4.66. The fraction of sp³-hybridized carbons (Fsp3) is 0.818. The van der Waals surface area contributed by atoms with E-state index in [1.54, 1.807) is 0 Å². The molecular weight excluding hydrogens is 274 g/mol. The van der Waals surface area contributed by atoms with Gasteiger partial charge in [-0.2, -0.15) is 5.01 Å². The van der Waals surface area contributed by atoms with Gasteiger partial charge in [-0.15, -0.1) is 16.5 Å². The normalized spacial score (nSPS) is 22.4. The number of rotatable bonds is 5. The van der Waals surface area contributed by atoms with Gasteiger partial charge in [0.05, 0.1) is 24.9 Å². The Labute approximate surface area is 116 Å². The second kappa shape index (κ2) is 7.93. The summed E-state index contributed by atoms with van der Waals surface area (Å²) in [6.45, 7) is 0.0778. The Kier molecular flexibility index (Phi) is 6.55. The Bertz CT molecular complexity index is 332. The lowest BCUT2D eigenvalue weighted by atomic mass is 9.86. The topological polar surface area (TPSA) is 88.1 Å². The minimum atomic E-state index is -0.544. The summed E-state index contributed by atoms with van der Waals surface area (Å²) in [5.74, 6) is -0.154. The Hall–Kier alpha value is -1.37. The zero-order valence-electron chi connectivity index (χ0n) is 10.8. The lowest BCUT2D eigenvalue weighted by Crippen LogP contribution is -2.45. The Balaban J connectivity index is 2.38. The Morgan fingerprint density at radius 3 is 2.47 bits per heavy atom. The molecule has 0 aromatic carbocycles. The highest BCUT2D eigenvalue weighted by Gasteiger charge is 2.28. The molecule has 19 heavy (non-hydrogen) atoms. The number of amides is 2. The van der Waals surface area contributed by atoms with Crippen LogP contribution in [0.3, 0.4) is 0 Å². The van der Waals surface area contributed by atoms with Crippen LogP contribution >= 0.6 is 11.6 Å². The number of urea groups is 1. The largest absolute Gasteiger partial charge is 0.469 e. The third-order valence-electron chi connectivity index (χ3n) is 3.22. The van der Waals surface area contributed by atoms with Crippen LogP contribution in [0.1, 0.15) is 25.7 Å². The average molecular weight is 292 g/mol. The molecule has 0 saturated heterocycles. The number of ether oxygens (including phenoxy) is 1. The van der Waals surface area contributed by atoms with Gasteiger partial charge in [0.25, 0.3) is 0 Å². The van der Waals surface area contributed by atoms with E-state index in [4.69, 9.17) is 11.6 Å². The first kappa shape index (κ1) is 15.7. The van der Waals surface area contributed by atoms with Gasteiger partial charge in [-0.1, -0.05) is 0 Å². The van der Waals surface area contributed by atoms with Crippen LogP contribution in [0.25, 0.3) is 0 Å². The molecule has 1 aliphatic carbocycles. The maximum atomic E-state index is 11.7. The number of nitroso groups, excluding NO2 is 1. The first-order valence-corrected chi connectivity index (χ1v) is 6.71. The van der Waals surface area contributed by atoms with Crippen molar-refractivity contribution in [1.82, 2.24) is 10.3 Å². The fourth-order valence-electron chi connectivity index (χ4n) is 2.15. The second-order valence-corrected chi connectivity index (χ2v) is 4.79. The Morgan fingerprint density at radius 1 is 1.37 bits per heavy atom. The van der Waals surface area contributed by atoms with Crippen molar-refractivity contribution < 1.29 is 14.3 Å². The lowest BCUT2D eigenvalue weighted by molar-refractivity contribution is -0.146. The average Bonchev–Trinajstić information content (AvgIpc) is 2.44. The van der Waals surface area contributed by atoms with Crippen LogP contribution in [0, 0.1) is 10.8 Å². The highest BCUT2D eigenvalue weighted by atomic mass is 35.5. The van der Waals surface area contributed by atoms with E-state index in [0.29, 0.717) is 25.7 Å². The summed E-state index contributed by atoms with van der Waals surface area (Å²) >= 11 is 5.46. The maximum absolute atomic E-state index is 11.7. The number of halogens is 1. The first-order valence-electron chi connectivity index (χ1n) is 6.17. The van der Waals surface area contributed by atoms with E-state index in [2.05, 4.69) is 15.3 Å². The third-order valence-corrected chi connectivity index (χ3v) is 3.39. The summed E-state index contributed by atoms with van der Waals surface area (Å²) in [5.41, 5.74) is 0. The van der Waals surface area contributed by atoms with Crippen LogP contribution in [0.15, 0.2) is 5.29 Å². The predicted molar refractivity (Wildman–Crippen MR) is 69.5 cm³/mol. The van der Waals surface area contributed by atoms with E-state index in [1.165, 1.54) is 7.11 Å². The second-order valence-electron chi connectivity index (χ2n) is 4.41. The Morgan fingerprint density at radius 2 is 2.00 bits per heavy atom. The molecule has 1 fully saturated rings. The van der Waals surface area contributed by atoms with Crippen molar-refractivity contribution >= 4 is 23.6 Å². The lowest BCUT2D eigenvalue weighted by Gasteiger charge is -2.28. The van der Waals surface area contributed by atoms with Crippen molar-refractivity contribution in [2.24, 2.45) is 11.2 Å². The molecule has 0 heterocycles. The molecule has 1 rings (SSSR count). The van der Waals surface area contributed by atoms with Crippen molar-refractivity contribution in [2.75, 3.05) is 19.5 Å². The molecule has 2 amide bonds. The van der Waals surface area contributed by atoms with Gasteiger partial charge in [0.2, 0.25) is 0 Å². The van der Waals surface area contributed by atoms with E-state index in [0.717, 1.165) is 5.01 Å². The number of alkyl halides is 1. The van der Waals surface area contributed by atoms with Crippen LogP contribution in [0.4, 0.5) is 4.79 Å². The highest BCUT2D eigenvalue weighted by Crippen LogP contribution is 2.25. The molecule has 0 aliphatic heterocycles. The summed E-state index contributed by atoms with van der Waals surface area (Å²) in [6.07, 6.45) is 2.70. The van der Waals surface area contributed by atoms with Gasteiger partial charge in [-0.05, 0) is 25.7 Å². The first-order chi connectivity index (χ1) is 9.12. The van der Waals surface area contributed by atoms with Gasteiger partial charge < -0.3 is 10.1 Å². The van der Waals surface area contributed by atoms with Crippen LogP contribution in [0.5, 0.6) is 0 Å². The van der Waals surface area contributed by atoms with Crippen molar-refractivity contribution in [3.63, 3.8) is 0 Å². The van der Waals surface area contributed by atoms with E-state index in [-0.39, 0.29) is 30.4 Å². The molecular formula is C11H18ClN3O4. The molecule has 1 aliphatic rings. The number of nitrogens with one attached hydrogen (secondary N) is 1. The van der Waals surface area contributed by atoms with Gasteiger partial charge in [0, 0.05) is 11.9 Å². The van der Waals surface area contributed by atoms with E-state index in [9.17, 15) is 14.5 Å². The van der Waals surface area contributed by atoms with Crippen LogP contribution < -0.4 is 5.32 Å². The van der Waals surface area contributed by atoms with E-state index in [1.807, 2.05) is 0 Å². The quantitative estimate of drug-likeness (QED) is 0.361. The molecule has 7 nitrogen and oxygen atoms in total. The molecule has 0 aromatic heterocycles. The number of nitrogens with zero attached hydrogens (tertiary/aromatic N) is 2. The monoisotopic (exact) mass is 291 g/mol. The molecule has 108 valence electrons. The summed E-state index contributed by atoms with van der Waals surface area (Å²) < 4.78 is 4.69. The standard InChI is InChI=1S/C11H18ClN3O4/c1-19-10(16)8-2-4-9(5-3-8)13-11(17)15(14-18)7-6-12/h8-9H,2-7H2,1H3,(H,13,17). The number of methoxy groups -OCH3 is 1. The fourth-order valence-corrected chi connectivity index (χ4v) is 2.31. The zero-order valence-corrected chi connectivity index (χ0v) is 11.6. The summed E-state index contributed by atoms with van der Waals surface area (Å²) in [5, 5.41) is 6.09. The number of esters is 1. The van der Waals surface area contributed by atoms with E-state index >= 15 is 0 Å². The van der Waals surface area contributed by atoms with Gasteiger partial charge in [-0.3, -0.25) is 4.79 Å². The van der Waals surface area contributed by atoms with Crippen LogP contribution in [-0.4, -0.2) is 42.6 Å². The van der Waals surface area contributed by atoms with Crippen LogP contribution in [-0.2, 0) is 9.53 Å². The number of hydrogen-bond donors (Lipinski definition) is 1. The molecule has 0 bridgehead atoms. The van der Waals surface area contributed by atoms with Gasteiger partial charge in [-0.25, -0.2) is 4.79 Å². The smallest absolute Gasteiger partial charge is 0.340 e. The summed E-state index contributed by atoms with van der Waals surface area (Å²) in [4.78, 5) is 33.5. The number of hydrogen-bond acceptors (Lipinski definition) is 5. The highest BCUT2D eigenvalue weighted by molar-refractivity contribution is 6.18. The maximum Gasteiger partial charge on any atom is 0.340 e. The number of carbonyl (C=O) groups excluding carboxylic acids is 2. The van der Waals surface area contributed by atoms with Crippen molar-refractivity contribution in [3.8, 4) is 0 Å². The molecule has 0 spiro atoms. The molecule has 1 N–H and O–H groups in total. The van der Waals surface area contributed by atoms with Gasteiger partial charge in [0.15, 0.2) is 0 Å². The molecule has 1 saturated carbocycles. The van der Waals surface area contributed by atoms with Gasteiger partial charge >= 0.3 is 12.0 Å². The number of carbonyl (C=O) groups is 2. The SMILES string of the molecule is COC(=O)C1CCC(NC(=O)N(CCCl)N=O)CC1. The summed E-state index contributed by atoms with van der Waals surface area (Å²) in [6, 6.07) is -0.592. The zero-order chi connectivity index (χ0) is 14.3. The predicted octanol–water partition coefficient (Wildman–Crippen LogP) is 1.65. The van der Waals surface area contributed by atoms with Crippen molar-refractivity contribution in [2.45, 2.75) is 31.7 Å². The summed E-state index contributed by atoms with van der Waals surface area (Å²) in [7, 11) is 1.37. The van der Waals surface area contributed by atoms with Crippen molar-refractivity contribution in [1.29, 1.82) is 0 Å². The van der Waals surface area contributed by atoms with E-state index < -0.39 is 6.03 Å². The molecule has 0 radical (unpaired) electrons. The molecule has 0 aromatic rings.